The van der Waals surface area contributed by atoms with Gasteiger partial charge in [0.1, 0.15) is 11.6 Å². The minimum absolute atomic E-state index is 0.0156. The summed E-state index contributed by atoms with van der Waals surface area (Å²) in [6.45, 7) is 2.78. The van der Waals surface area contributed by atoms with E-state index in [4.69, 9.17) is 25.1 Å². The number of nitrogens with two attached hydrogens (primary N) is 1. The monoisotopic (exact) mass is 431 g/mol. The molecule has 1 aromatic heterocycles. The average molecular weight is 431 g/mol. The molecule has 1 fully saturated rings. The summed E-state index contributed by atoms with van der Waals surface area (Å²) >= 11 is 0. The summed E-state index contributed by atoms with van der Waals surface area (Å²) in [6, 6.07) is -3.25. The van der Waals surface area contributed by atoms with Crippen molar-refractivity contribution in [2.45, 2.75) is 63.1 Å². The number of nitrogens with one attached hydrogen (secondary N) is 2. The number of aliphatic hydroxyl groups is 3. The molecule has 4 atom stereocenters. The highest BCUT2D eigenvalue weighted by atomic mass is 16.6. The van der Waals surface area contributed by atoms with Gasteiger partial charge in [-0.05, 0) is 32.6 Å². The Morgan fingerprint density at radius 1 is 1.37 bits per heavy atom. The fourth-order valence-electron chi connectivity index (χ4n) is 3.33. The number of hydrogen-bond acceptors (Lipinski definition) is 10. The molecule has 1 aliphatic rings. The highest BCUT2D eigenvalue weighted by Gasteiger charge is 2.51. The molecule has 0 saturated heterocycles. The van der Waals surface area contributed by atoms with E-state index in [2.05, 4.69) is 20.8 Å². The number of carboxylic acid groups (broad SMARTS) is 1. The van der Waals surface area contributed by atoms with Crippen molar-refractivity contribution in [1.29, 1.82) is 0 Å². The normalized spacial score (nSPS) is 24.9. The number of aliphatic carboxylic acids is 1. The lowest BCUT2D eigenvalue weighted by Crippen LogP contribution is -2.59. The largest absolute Gasteiger partial charge is 0.480 e. The predicted molar refractivity (Wildman–Crippen MR) is 99.7 cm³/mol. The Morgan fingerprint density at radius 2 is 2.03 bits per heavy atom. The highest BCUT2D eigenvalue weighted by Crippen LogP contribution is 2.47. The lowest BCUT2D eigenvalue weighted by atomic mass is 9.66. The molecular weight excluding hydrogens is 402 g/mol. The van der Waals surface area contributed by atoms with Crippen molar-refractivity contribution in [3.63, 3.8) is 0 Å². The Hall–Kier alpha value is -2.32. The molecule has 1 heterocycles. The lowest BCUT2D eigenvalue weighted by molar-refractivity contribution is -0.140. The van der Waals surface area contributed by atoms with Gasteiger partial charge in [-0.1, -0.05) is 0 Å². The molecule has 1 aromatic rings. The molecule has 13 nitrogen and oxygen atoms in total. The van der Waals surface area contributed by atoms with Crippen molar-refractivity contribution >= 4 is 12.0 Å². The van der Waals surface area contributed by atoms with Gasteiger partial charge in [0.15, 0.2) is 12.3 Å². The molecule has 170 valence electrons. The molecule has 1 saturated carbocycles. The molecule has 0 radical (unpaired) electrons. The zero-order valence-corrected chi connectivity index (χ0v) is 16.8. The minimum atomic E-state index is -1.49. The van der Waals surface area contributed by atoms with Gasteiger partial charge >= 0.3 is 12.0 Å². The van der Waals surface area contributed by atoms with Gasteiger partial charge in [0.2, 0.25) is 11.8 Å². The lowest BCUT2D eigenvalue weighted by Gasteiger charge is -2.46. The molecule has 30 heavy (non-hydrogen) atoms. The van der Waals surface area contributed by atoms with Crippen LogP contribution in [0, 0.1) is 5.92 Å². The van der Waals surface area contributed by atoms with Crippen LogP contribution in [0.25, 0.3) is 0 Å². The van der Waals surface area contributed by atoms with E-state index in [1.165, 1.54) is 6.92 Å². The first-order valence-electron chi connectivity index (χ1n) is 9.61. The summed E-state index contributed by atoms with van der Waals surface area (Å²) in [6.07, 6.45) is -0.956. The summed E-state index contributed by atoms with van der Waals surface area (Å²) in [7, 11) is 0. The van der Waals surface area contributed by atoms with E-state index < -0.39 is 48.6 Å². The van der Waals surface area contributed by atoms with E-state index in [0.29, 0.717) is 25.9 Å². The molecule has 2 rings (SSSR count). The van der Waals surface area contributed by atoms with Crippen LogP contribution in [0.4, 0.5) is 4.79 Å². The summed E-state index contributed by atoms with van der Waals surface area (Å²) in [5.41, 5.74) is 4.69. The third-order valence-electron chi connectivity index (χ3n) is 4.96. The molecular formula is C17H29N5O8. The Kier molecular flexibility index (Phi) is 8.09. The SMILES string of the molecule is CCOC(O)CC1CC(NC(=O)N[C@@H](CO)C(=O)O)(c2nnc([C@@H](N)[C@H](C)O)o2)C1. The maximum Gasteiger partial charge on any atom is 0.328 e. The second-order valence-corrected chi connectivity index (χ2v) is 7.39. The number of aromatic nitrogens is 2. The first-order chi connectivity index (χ1) is 14.1. The summed E-state index contributed by atoms with van der Waals surface area (Å²) in [5, 5.41) is 50.1. The first kappa shape index (κ1) is 24.0. The highest BCUT2D eigenvalue weighted by molar-refractivity contribution is 5.83. The van der Waals surface area contributed by atoms with Crippen molar-refractivity contribution in [3.8, 4) is 0 Å². The number of aliphatic hydroxyl groups excluding tert-OH is 3. The van der Waals surface area contributed by atoms with E-state index >= 15 is 0 Å². The molecule has 0 aliphatic heterocycles. The van der Waals surface area contributed by atoms with E-state index in [9.17, 15) is 19.8 Å². The number of carbonyl (C=O) groups is 2. The Bertz CT molecular complexity index is 721. The summed E-state index contributed by atoms with van der Waals surface area (Å²) in [4.78, 5) is 23.4. The van der Waals surface area contributed by atoms with E-state index in [-0.39, 0.29) is 17.7 Å². The fourth-order valence-corrected chi connectivity index (χ4v) is 3.33. The Balaban J connectivity index is 2.16. The van der Waals surface area contributed by atoms with Gasteiger partial charge in [0, 0.05) is 13.0 Å². The Morgan fingerprint density at radius 3 is 2.57 bits per heavy atom. The fraction of sp³-hybridized carbons (Fsp3) is 0.765. The molecule has 0 bridgehead atoms. The Labute approximate surface area is 172 Å². The number of urea groups is 1. The van der Waals surface area contributed by atoms with Gasteiger partial charge in [-0.3, -0.25) is 0 Å². The van der Waals surface area contributed by atoms with Gasteiger partial charge < -0.3 is 45.9 Å². The number of ether oxygens (including phenoxy) is 1. The van der Waals surface area contributed by atoms with Crippen LogP contribution in [0.15, 0.2) is 4.42 Å². The number of amides is 2. The van der Waals surface area contributed by atoms with Crippen LogP contribution in [-0.4, -0.2) is 74.3 Å². The summed E-state index contributed by atoms with van der Waals surface area (Å²) < 4.78 is 10.7. The van der Waals surface area contributed by atoms with E-state index in [0.717, 1.165) is 0 Å². The van der Waals surface area contributed by atoms with Crippen molar-refractivity contribution in [3.05, 3.63) is 11.8 Å². The van der Waals surface area contributed by atoms with Gasteiger partial charge in [-0.15, -0.1) is 10.2 Å². The smallest absolute Gasteiger partial charge is 0.328 e. The van der Waals surface area contributed by atoms with Gasteiger partial charge in [-0.2, -0.15) is 0 Å². The van der Waals surface area contributed by atoms with E-state index in [1.807, 2.05) is 0 Å². The number of carboxylic acids is 1. The second kappa shape index (κ2) is 10.1. The standard InChI is InChI=1S/C17H29N5O8/c1-3-29-11(25)4-9-5-17(6-9,20-16(28)19-10(7-23)14(26)27)15-22-21-13(30-15)12(18)8(2)24/h8-12,23-25H,3-7,18H2,1-2H3,(H,26,27)(H2,19,20,28)/t8-,9?,10-,11?,12-,17?/m0/s1. The van der Waals surface area contributed by atoms with Crippen molar-refractivity contribution in [1.82, 2.24) is 20.8 Å². The molecule has 8 N–H and O–H groups in total. The van der Waals surface area contributed by atoms with Crippen molar-refractivity contribution < 1.29 is 39.2 Å². The van der Waals surface area contributed by atoms with Gasteiger partial charge in [0.25, 0.3) is 0 Å². The van der Waals surface area contributed by atoms with E-state index in [1.54, 1.807) is 6.92 Å². The number of carbonyl (C=O) groups excluding carboxylic acids is 1. The van der Waals surface area contributed by atoms with Crippen LogP contribution in [0.3, 0.4) is 0 Å². The molecule has 1 unspecified atom stereocenters. The third kappa shape index (κ3) is 5.64. The molecule has 1 aliphatic carbocycles. The van der Waals surface area contributed by atoms with Gasteiger partial charge in [0.05, 0.1) is 12.7 Å². The van der Waals surface area contributed by atoms with Gasteiger partial charge in [-0.25, -0.2) is 9.59 Å². The topological polar surface area (TPSA) is 213 Å². The quantitative estimate of drug-likeness (QED) is 0.201. The molecule has 2 amide bonds. The number of hydrogen-bond donors (Lipinski definition) is 7. The zero-order chi connectivity index (χ0) is 22.5. The molecule has 13 heteroatoms. The summed E-state index contributed by atoms with van der Waals surface area (Å²) in [5.74, 6) is -1.41. The van der Waals surface area contributed by atoms with Crippen LogP contribution in [0.2, 0.25) is 0 Å². The second-order valence-electron chi connectivity index (χ2n) is 7.39. The van der Waals surface area contributed by atoms with Crippen LogP contribution in [0.1, 0.15) is 50.9 Å². The van der Waals surface area contributed by atoms with Crippen LogP contribution in [-0.2, 0) is 15.1 Å². The molecule has 0 spiro atoms. The van der Waals surface area contributed by atoms with Crippen LogP contribution >= 0.6 is 0 Å². The zero-order valence-electron chi connectivity index (χ0n) is 16.8. The minimum Gasteiger partial charge on any atom is -0.480 e. The third-order valence-corrected chi connectivity index (χ3v) is 4.96. The van der Waals surface area contributed by atoms with Crippen LogP contribution in [0.5, 0.6) is 0 Å². The molecule has 0 aromatic carbocycles. The van der Waals surface area contributed by atoms with Crippen molar-refractivity contribution in [2.24, 2.45) is 11.7 Å². The first-order valence-corrected chi connectivity index (χ1v) is 9.61. The maximum atomic E-state index is 12.4. The maximum absolute atomic E-state index is 12.4. The van der Waals surface area contributed by atoms with Crippen LogP contribution < -0.4 is 16.4 Å². The average Bonchev–Trinajstić information content (AvgIpc) is 3.13. The number of rotatable bonds is 11. The predicted octanol–water partition coefficient (Wildman–Crippen LogP) is -1.45. The number of nitrogens with zero attached hydrogens (tertiary/aromatic N) is 2. The van der Waals surface area contributed by atoms with Crippen molar-refractivity contribution in [2.75, 3.05) is 13.2 Å².